The molecule has 2 aromatic carbocycles. The van der Waals surface area contributed by atoms with Crippen LogP contribution in [-0.4, -0.2) is 66.9 Å². The molecule has 2 fully saturated rings. The van der Waals surface area contributed by atoms with E-state index in [2.05, 4.69) is 35.5 Å². The quantitative estimate of drug-likeness (QED) is 0.379. The van der Waals surface area contributed by atoms with Gasteiger partial charge in [-0.3, -0.25) is 4.79 Å². The number of nitrogens with one attached hydrogen (secondary N) is 1. The Morgan fingerprint density at radius 1 is 0.978 bits per heavy atom. The number of hydrogen-bond donors (Lipinski definition) is 1. The number of aryl methyl sites for hydroxylation is 2. The SMILES string of the molecule is Cc1cccc(C)c1-c1cc2nc(n1)NS(=O)(=O)c1cccc(c1)C(=O)N(C1CCC3(CC1)OCCO3)C(CC(C)(C)C)CO2. The molecule has 1 atom stereocenters. The van der Waals surface area contributed by atoms with E-state index in [-0.39, 0.29) is 46.7 Å². The molecule has 1 aromatic heterocycles. The van der Waals surface area contributed by atoms with Gasteiger partial charge in [-0.1, -0.05) is 45.0 Å². The van der Waals surface area contributed by atoms with Crippen LogP contribution >= 0.6 is 0 Å². The van der Waals surface area contributed by atoms with Gasteiger partial charge in [0.25, 0.3) is 15.9 Å². The van der Waals surface area contributed by atoms with Gasteiger partial charge in [0.2, 0.25) is 11.8 Å². The lowest BCUT2D eigenvalue weighted by molar-refractivity contribution is -0.184. The third-order valence-corrected chi connectivity index (χ3v) is 10.2. The lowest BCUT2D eigenvalue weighted by Crippen LogP contribution is -2.53. The van der Waals surface area contributed by atoms with Crippen LogP contribution in [0.15, 0.2) is 53.4 Å². The van der Waals surface area contributed by atoms with E-state index in [1.54, 1.807) is 18.2 Å². The fraction of sp³-hybridized carbons (Fsp3) is 0.500. The van der Waals surface area contributed by atoms with E-state index < -0.39 is 15.8 Å². The Kier molecular flexibility index (Phi) is 8.38. The van der Waals surface area contributed by atoms with E-state index >= 15 is 0 Å². The van der Waals surface area contributed by atoms with E-state index in [0.29, 0.717) is 56.6 Å². The number of amides is 1. The molecule has 1 N–H and O–H groups in total. The highest BCUT2D eigenvalue weighted by Gasteiger charge is 2.44. The van der Waals surface area contributed by atoms with Crippen molar-refractivity contribution >= 4 is 21.9 Å². The Bertz CT molecular complexity index is 1670. The summed E-state index contributed by atoms with van der Waals surface area (Å²) in [6.07, 6.45) is 3.40. The number of benzene rings is 2. The van der Waals surface area contributed by atoms with Crippen molar-refractivity contribution in [2.24, 2.45) is 5.41 Å². The van der Waals surface area contributed by atoms with Gasteiger partial charge in [0.15, 0.2) is 5.79 Å². The summed E-state index contributed by atoms with van der Waals surface area (Å²) in [5.41, 5.74) is 3.58. The summed E-state index contributed by atoms with van der Waals surface area (Å²) < 4.78 is 48.2. The molecule has 6 rings (SSSR count). The summed E-state index contributed by atoms with van der Waals surface area (Å²) in [6, 6.07) is 13.4. The molecule has 1 spiro atoms. The third kappa shape index (κ3) is 6.71. The molecule has 0 radical (unpaired) electrons. The van der Waals surface area contributed by atoms with Gasteiger partial charge < -0.3 is 19.1 Å². The third-order valence-electron chi connectivity index (χ3n) is 8.88. The van der Waals surface area contributed by atoms with Gasteiger partial charge >= 0.3 is 0 Å². The second kappa shape index (κ2) is 12.0. The predicted molar refractivity (Wildman–Crippen MR) is 171 cm³/mol. The zero-order chi connectivity index (χ0) is 32.0. The Hall–Kier alpha value is -3.54. The summed E-state index contributed by atoms with van der Waals surface area (Å²) in [6.45, 7) is 11.7. The molecule has 1 saturated heterocycles. The molecule has 1 unspecified atom stereocenters. The van der Waals surface area contributed by atoms with Crippen molar-refractivity contribution < 1.29 is 27.4 Å². The summed E-state index contributed by atoms with van der Waals surface area (Å²) in [5.74, 6) is -0.680. The van der Waals surface area contributed by atoms with Crippen molar-refractivity contribution in [1.82, 2.24) is 14.9 Å². The van der Waals surface area contributed by atoms with E-state index in [0.717, 1.165) is 16.7 Å². The summed E-state index contributed by atoms with van der Waals surface area (Å²) >= 11 is 0. The highest BCUT2D eigenvalue weighted by Crippen LogP contribution is 2.40. The van der Waals surface area contributed by atoms with Gasteiger partial charge in [0, 0.05) is 36.1 Å². The first-order chi connectivity index (χ1) is 21.3. The first-order valence-electron chi connectivity index (χ1n) is 15.6. The van der Waals surface area contributed by atoms with Crippen LogP contribution in [0.4, 0.5) is 5.95 Å². The highest BCUT2D eigenvalue weighted by atomic mass is 32.2. The van der Waals surface area contributed by atoms with Crippen molar-refractivity contribution in [1.29, 1.82) is 0 Å². The van der Waals surface area contributed by atoms with Crippen LogP contribution in [0.5, 0.6) is 5.88 Å². The molecule has 45 heavy (non-hydrogen) atoms. The van der Waals surface area contributed by atoms with E-state index in [1.165, 1.54) is 12.1 Å². The standard InChI is InChI=1S/C34H42N4O6S/c1-22-8-6-9-23(2)30(22)28-19-29-36-32(35-28)37-45(40,41)27-11-7-10-24(18-27)31(39)38(26(21-42-29)20-33(3,4)5)25-12-14-34(15-13-25)43-16-17-44-34/h6-11,18-19,25-26H,12-17,20-21H2,1-5H3,(H,35,36,37). The fourth-order valence-corrected chi connectivity index (χ4v) is 7.87. The van der Waals surface area contributed by atoms with E-state index in [1.807, 2.05) is 36.9 Å². The van der Waals surface area contributed by atoms with Crippen molar-refractivity contribution in [3.05, 3.63) is 65.2 Å². The number of hydrogen-bond acceptors (Lipinski definition) is 8. The Morgan fingerprint density at radius 2 is 1.64 bits per heavy atom. The zero-order valence-corrected chi connectivity index (χ0v) is 27.4. The fourth-order valence-electron chi connectivity index (χ4n) is 6.88. The molecule has 2 aliphatic heterocycles. The molecule has 3 aromatic rings. The van der Waals surface area contributed by atoms with Gasteiger partial charge in [-0.15, -0.1) is 0 Å². The van der Waals surface area contributed by atoms with E-state index in [9.17, 15) is 13.2 Å². The lowest BCUT2D eigenvalue weighted by Gasteiger charge is -2.45. The maximum absolute atomic E-state index is 14.5. The van der Waals surface area contributed by atoms with Crippen LogP contribution in [0.3, 0.4) is 0 Å². The molecule has 4 bridgehead atoms. The highest BCUT2D eigenvalue weighted by molar-refractivity contribution is 7.92. The molecular weight excluding hydrogens is 592 g/mol. The maximum atomic E-state index is 14.5. The van der Waals surface area contributed by atoms with Crippen LogP contribution in [0, 0.1) is 19.3 Å². The Balaban J connectivity index is 1.46. The summed E-state index contributed by atoms with van der Waals surface area (Å²) in [7, 11) is -4.14. The van der Waals surface area contributed by atoms with Gasteiger partial charge in [-0.05, 0) is 67.9 Å². The average Bonchev–Trinajstić information content (AvgIpc) is 3.43. The predicted octanol–water partition coefficient (Wildman–Crippen LogP) is 5.89. The first kappa shape index (κ1) is 31.4. The van der Waals surface area contributed by atoms with Gasteiger partial charge in [-0.25, -0.2) is 18.1 Å². The number of fused-ring (bicyclic) bond motifs is 4. The van der Waals surface area contributed by atoms with Gasteiger partial charge in [0.1, 0.15) is 6.61 Å². The van der Waals surface area contributed by atoms with Crippen molar-refractivity contribution in [3.63, 3.8) is 0 Å². The molecule has 1 amide bonds. The summed E-state index contributed by atoms with van der Waals surface area (Å²) in [5, 5.41) is 0. The second-order valence-electron chi connectivity index (χ2n) is 13.6. The monoisotopic (exact) mass is 634 g/mol. The first-order valence-corrected chi connectivity index (χ1v) is 17.1. The van der Waals surface area contributed by atoms with Crippen LogP contribution < -0.4 is 9.46 Å². The van der Waals surface area contributed by atoms with Crippen molar-refractivity contribution in [2.45, 2.75) is 89.5 Å². The van der Waals surface area contributed by atoms with Gasteiger partial charge in [0.05, 0.1) is 29.8 Å². The number of sulfonamides is 1. The molecule has 240 valence electrons. The molecule has 1 aliphatic carbocycles. The maximum Gasteiger partial charge on any atom is 0.264 e. The van der Waals surface area contributed by atoms with Crippen LogP contribution in [-0.2, 0) is 19.5 Å². The Morgan fingerprint density at radius 3 is 2.31 bits per heavy atom. The minimum Gasteiger partial charge on any atom is -0.475 e. The topological polar surface area (TPSA) is 120 Å². The van der Waals surface area contributed by atoms with E-state index in [4.69, 9.17) is 14.2 Å². The minimum absolute atomic E-state index is 0.0428. The molecule has 10 nitrogen and oxygen atoms in total. The molecule has 3 aliphatic rings. The zero-order valence-electron chi connectivity index (χ0n) is 26.6. The summed E-state index contributed by atoms with van der Waals surface area (Å²) in [4.78, 5) is 25.5. The number of rotatable bonds is 3. The van der Waals surface area contributed by atoms with Crippen molar-refractivity contribution in [3.8, 4) is 17.1 Å². The normalized spacial score (nSPS) is 21.8. The molecule has 3 heterocycles. The smallest absolute Gasteiger partial charge is 0.264 e. The number of carbonyl (C=O) groups is 1. The van der Waals surface area contributed by atoms with Crippen LogP contribution in [0.2, 0.25) is 0 Å². The Labute approximate surface area is 265 Å². The molecular formula is C34H42N4O6S. The largest absolute Gasteiger partial charge is 0.475 e. The average molecular weight is 635 g/mol. The number of carbonyl (C=O) groups excluding carboxylic acids is 1. The van der Waals surface area contributed by atoms with Crippen molar-refractivity contribution in [2.75, 3.05) is 24.5 Å². The van der Waals surface area contributed by atoms with Gasteiger partial charge in [-0.2, -0.15) is 4.98 Å². The number of anilines is 1. The number of ether oxygens (including phenoxy) is 3. The number of aromatic nitrogens is 2. The lowest BCUT2D eigenvalue weighted by atomic mass is 9.84. The van der Waals surface area contributed by atoms with Crippen LogP contribution in [0.25, 0.3) is 11.3 Å². The second-order valence-corrected chi connectivity index (χ2v) is 15.3. The number of nitrogens with zero attached hydrogens (tertiary/aromatic N) is 3. The van der Waals surface area contributed by atoms with Crippen LogP contribution in [0.1, 0.15) is 74.4 Å². The molecule has 11 heteroatoms. The minimum atomic E-state index is -4.14. The molecule has 1 saturated carbocycles.